The van der Waals surface area contributed by atoms with Gasteiger partial charge in [0.25, 0.3) is 0 Å². The van der Waals surface area contributed by atoms with Gasteiger partial charge in [0.2, 0.25) is 0 Å². The second-order valence-electron chi connectivity index (χ2n) is 3.81. The average Bonchev–Trinajstić information content (AvgIpc) is 2.92. The lowest BCUT2D eigenvalue weighted by molar-refractivity contribution is 0.304. The van der Waals surface area contributed by atoms with Crippen molar-refractivity contribution in [3.05, 3.63) is 29.8 Å². The summed E-state index contributed by atoms with van der Waals surface area (Å²) in [5.41, 5.74) is 1.88. The monoisotopic (exact) mass is 235 g/mol. The number of nitrogens with zero attached hydrogens (tertiary/aromatic N) is 2. The topological polar surface area (TPSA) is 50.8 Å². The second kappa shape index (κ2) is 3.79. The predicted molar refractivity (Wildman–Crippen MR) is 60.5 cm³/mol. The van der Waals surface area contributed by atoms with Crippen molar-refractivity contribution in [3.8, 4) is 16.9 Å². The molecule has 4 nitrogen and oxygen atoms in total. The number of aromatic nitrogens is 3. The van der Waals surface area contributed by atoms with Crippen LogP contribution in [0.1, 0.15) is 12.8 Å². The van der Waals surface area contributed by atoms with Crippen LogP contribution in [0.3, 0.4) is 0 Å². The van der Waals surface area contributed by atoms with Gasteiger partial charge in [0, 0.05) is 29.6 Å². The van der Waals surface area contributed by atoms with Crippen LogP contribution in [0.5, 0.6) is 5.75 Å². The molecule has 2 aromatic heterocycles. The molecule has 0 radical (unpaired) electrons. The van der Waals surface area contributed by atoms with Crippen LogP contribution in [0.25, 0.3) is 11.1 Å². The zero-order chi connectivity index (χ0) is 11.0. The van der Waals surface area contributed by atoms with Crippen molar-refractivity contribution in [2.24, 2.45) is 0 Å². The second-order valence-corrected chi connectivity index (χ2v) is 4.19. The number of H-pyrrole nitrogens is 1. The number of halogens is 1. The number of aromatic amines is 1. The first-order valence-electron chi connectivity index (χ1n) is 5.14. The van der Waals surface area contributed by atoms with Crippen LogP contribution in [-0.4, -0.2) is 21.3 Å². The van der Waals surface area contributed by atoms with E-state index in [4.69, 9.17) is 16.3 Å². The molecule has 1 fully saturated rings. The third kappa shape index (κ3) is 1.88. The Kier molecular flexibility index (Phi) is 2.29. The molecule has 0 amide bonds. The SMILES string of the molecule is Clc1cc(OC2CC2)c(-c2cn[nH]c2)cn1. The highest BCUT2D eigenvalue weighted by Crippen LogP contribution is 2.35. The normalized spacial score (nSPS) is 15.1. The number of pyridine rings is 1. The third-order valence-electron chi connectivity index (χ3n) is 2.46. The van der Waals surface area contributed by atoms with Gasteiger partial charge in [-0.25, -0.2) is 4.98 Å². The van der Waals surface area contributed by atoms with E-state index in [9.17, 15) is 0 Å². The van der Waals surface area contributed by atoms with Crippen LogP contribution in [0.2, 0.25) is 5.15 Å². The Morgan fingerprint density at radius 3 is 2.94 bits per heavy atom. The van der Waals surface area contributed by atoms with Gasteiger partial charge in [-0.2, -0.15) is 5.10 Å². The van der Waals surface area contributed by atoms with Gasteiger partial charge in [0.15, 0.2) is 0 Å². The smallest absolute Gasteiger partial charge is 0.132 e. The molecule has 2 heterocycles. The van der Waals surface area contributed by atoms with Crippen molar-refractivity contribution < 1.29 is 4.74 Å². The van der Waals surface area contributed by atoms with Crippen molar-refractivity contribution in [1.29, 1.82) is 0 Å². The number of hydrogen-bond acceptors (Lipinski definition) is 3. The molecule has 5 heteroatoms. The molecular formula is C11H10ClN3O. The molecule has 1 N–H and O–H groups in total. The predicted octanol–water partition coefficient (Wildman–Crippen LogP) is 2.67. The first-order chi connectivity index (χ1) is 7.83. The van der Waals surface area contributed by atoms with Crippen LogP contribution < -0.4 is 4.74 Å². The Morgan fingerprint density at radius 1 is 1.38 bits per heavy atom. The third-order valence-corrected chi connectivity index (χ3v) is 2.67. The van der Waals surface area contributed by atoms with Crippen LogP contribution in [0, 0.1) is 0 Å². The van der Waals surface area contributed by atoms with Crippen LogP contribution in [-0.2, 0) is 0 Å². The maximum absolute atomic E-state index is 5.87. The molecule has 2 aromatic rings. The number of rotatable bonds is 3. The molecule has 0 atom stereocenters. The fourth-order valence-electron chi connectivity index (χ4n) is 1.49. The Balaban J connectivity index is 2.01. The molecule has 82 valence electrons. The van der Waals surface area contributed by atoms with E-state index < -0.39 is 0 Å². The summed E-state index contributed by atoms with van der Waals surface area (Å²) in [5.74, 6) is 0.781. The molecule has 1 aliphatic rings. The molecular weight excluding hydrogens is 226 g/mol. The Hall–Kier alpha value is -1.55. The van der Waals surface area contributed by atoms with Gasteiger partial charge in [-0.05, 0) is 12.8 Å². The van der Waals surface area contributed by atoms with Gasteiger partial charge in [0.05, 0.1) is 12.3 Å². The van der Waals surface area contributed by atoms with E-state index in [1.54, 1.807) is 18.5 Å². The minimum Gasteiger partial charge on any atom is -0.490 e. The molecule has 1 aliphatic carbocycles. The summed E-state index contributed by atoms with van der Waals surface area (Å²) in [6.45, 7) is 0. The van der Waals surface area contributed by atoms with Crippen molar-refractivity contribution >= 4 is 11.6 Å². The summed E-state index contributed by atoms with van der Waals surface area (Å²) in [6, 6.07) is 1.75. The van der Waals surface area contributed by atoms with E-state index in [0.717, 1.165) is 29.7 Å². The highest BCUT2D eigenvalue weighted by atomic mass is 35.5. The van der Waals surface area contributed by atoms with E-state index in [-0.39, 0.29) is 0 Å². The number of nitrogens with one attached hydrogen (secondary N) is 1. The standard InChI is InChI=1S/C11H10ClN3O/c12-11-3-10(16-8-1-2-8)9(6-13-11)7-4-14-15-5-7/h3-6,8H,1-2H2,(H,14,15). The Labute approximate surface area is 97.6 Å². The van der Waals surface area contributed by atoms with Crippen LogP contribution in [0.15, 0.2) is 24.7 Å². The molecule has 0 saturated heterocycles. The molecule has 3 rings (SSSR count). The molecule has 0 aliphatic heterocycles. The van der Waals surface area contributed by atoms with E-state index in [2.05, 4.69) is 15.2 Å². The molecule has 0 bridgehead atoms. The first-order valence-corrected chi connectivity index (χ1v) is 5.52. The van der Waals surface area contributed by atoms with E-state index in [1.165, 1.54) is 0 Å². The lowest BCUT2D eigenvalue weighted by Crippen LogP contribution is -1.98. The maximum Gasteiger partial charge on any atom is 0.132 e. The highest BCUT2D eigenvalue weighted by molar-refractivity contribution is 6.29. The Bertz CT molecular complexity index is 494. The van der Waals surface area contributed by atoms with Crippen molar-refractivity contribution in [1.82, 2.24) is 15.2 Å². The van der Waals surface area contributed by atoms with Gasteiger partial charge in [-0.15, -0.1) is 0 Å². The van der Waals surface area contributed by atoms with Crippen molar-refractivity contribution in [2.45, 2.75) is 18.9 Å². The molecule has 0 spiro atoms. The lowest BCUT2D eigenvalue weighted by Gasteiger charge is -2.09. The summed E-state index contributed by atoms with van der Waals surface area (Å²) in [4.78, 5) is 4.07. The number of ether oxygens (including phenoxy) is 1. The van der Waals surface area contributed by atoms with Gasteiger partial charge in [0.1, 0.15) is 10.9 Å². The van der Waals surface area contributed by atoms with Gasteiger partial charge in [-0.1, -0.05) is 11.6 Å². The summed E-state index contributed by atoms with van der Waals surface area (Å²) >= 11 is 5.87. The van der Waals surface area contributed by atoms with Crippen molar-refractivity contribution in [2.75, 3.05) is 0 Å². The van der Waals surface area contributed by atoms with E-state index in [1.807, 2.05) is 6.20 Å². The molecule has 16 heavy (non-hydrogen) atoms. The summed E-state index contributed by atoms with van der Waals surface area (Å²) < 4.78 is 5.79. The minimum atomic E-state index is 0.337. The largest absolute Gasteiger partial charge is 0.490 e. The lowest BCUT2D eigenvalue weighted by atomic mass is 10.1. The fraction of sp³-hybridized carbons (Fsp3) is 0.273. The summed E-state index contributed by atoms with van der Waals surface area (Å²) in [6.07, 6.45) is 7.83. The highest BCUT2D eigenvalue weighted by Gasteiger charge is 2.25. The molecule has 0 unspecified atom stereocenters. The summed E-state index contributed by atoms with van der Waals surface area (Å²) in [7, 11) is 0. The van der Waals surface area contributed by atoms with E-state index >= 15 is 0 Å². The van der Waals surface area contributed by atoms with E-state index in [0.29, 0.717) is 11.3 Å². The quantitative estimate of drug-likeness (QED) is 0.833. The zero-order valence-electron chi connectivity index (χ0n) is 8.48. The maximum atomic E-state index is 5.87. The van der Waals surface area contributed by atoms with Gasteiger partial charge >= 0.3 is 0 Å². The fourth-order valence-corrected chi connectivity index (χ4v) is 1.64. The molecule has 1 saturated carbocycles. The first kappa shape index (κ1) is 9.66. The number of hydrogen-bond donors (Lipinski definition) is 1. The minimum absolute atomic E-state index is 0.337. The van der Waals surface area contributed by atoms with Crippen LogP contribution >= 0.6 is 11.6 Å². The zero-order valence-corrected chi connectivity index (χ0v) is 9.24. The average molecular weight is 236 g/mol. The Morgan fingerprint density at radius 2 is 2.25 bits per heavy atom. The summed E-state index contributed by atoms with van der Waals surface area (Å²) in [5, 5.41) is 7.14. The molecule has 0 aromatic carbocycles. The van der Waals surface area contributed by atoms with Gasteiger partial charge in [-0.3, -0.25) is 5.10 Å². The van der Waals surface area contributed by atoms with Gasteiger partial charge < -0.3 is 4.74 Å². The van der Waals surface area contributed by atoms with Crippen molar-refractivity contribution in [3.63, 3.8) is 0 Å². The van der Waals surface area contributed by atoms with Crippen LogP contribution in [0.4, 0.5) is 0 Å².